The summed E-state index contributed by atoms with van der Waals surface area (Å²) in [6.07, 6.45) is 0.563. The van der Waals surface area contributed by atoms with Gasteiger partial charge in [0, 0.05) is 5.39 Å². The second-order valence-electron chi connectivity index (χ2n) is 5.48. The van der Waals surface area contributed by atoms with E-state index >= 15 is 0 Å². The van der Waals surface area contributed by atoms with Gasteiger partial charge in [-0.2, -0.15) is 4.98 Å². The second-order valence-corrected chi connectivity index (χ2v) is 7.66. The molecule has 0 amide bonds. The third-order valence-corrected chi connectivity index (χ3v) is 5.45. The summed E-state index contributed by atoms with van der Waals surface area (Å²) in [6.45, 7) is 1.89. The van der Waals surface area contributed by atoms with Crippen LogP contribution >= 0.6 is 0 Å². The summed E-state index contributed by atoms with van der Waals surface area (Å²) in [4.78, 5) is 8.39. The highest BCUT2D eigenvalue weighted by atomic mass is 32.2. The van der Waals surface area contributed by atoms with Crippen molar-refractivity contribution in [2.24, 2.45) is 0 Å². The largest absolute Gasteiger partial charge is 0.368 e. The fourth-order valence-electron chi connectivity index (χ4n) is 2.58. The molecule has 1 aliphatic heterocycles. The molecule has 3 rings (SSSR count). The van der Waals surface area contributed by atoms with Crippen molar-refractivity contribution < 1.29 is 8.42 Å². The summed E-state index contributed by atoms with van der Waals surface area (Å²) in [5.41, 5.74) is 5.95. The fourth-order valence-corrected chi connectivity index (χ4v) is 4.68. The summed E-state index contributed by atoms with van der Waals surface area (Å²) in [6, 6.07) is 7.51. The number of aromatic nitrogens is 2. The van der Waals surface area contributed by atoms with Gasteiger partial charge in [-0.1, -0.05) is 12.1 Å². The van der Waals surface area contributed by atoms with Crippen LogP contribution in [-0.2, 0) is 9.84 Å². The highest BCUT2D eigenvalue weighted by Crippen LogP contribution is 2.30. The molecule has 20 heavy (non-hydrogen) atoms. The van der Waals surface area contributed by atoms with Gasteiger partial charge >= 0.3 is 0 Å². The van der Waals surface area contributed by atoms with Crippen molar-refractivity contribution in [1.82, 2.24) is 9.97 Å². The van der Waals surface area contributed by atoms with Gasteiger partial charge in [-0.25, -0.2) is 13.4 Å². The van der Waals surface area contributed by atoms with Crippen LogP contribution in [0, 0.1) is 0 Å². The Bertz CT molecular complexity index is 775. The lowest BCUT2D eigenvalue weighted by molar-refractivity contribution is 0.572. The van der Waals surface area contributed by atoms with Gasteiger partial charge in [-0.3, -0.25) is 0 Å². The molecule has 1 aliphatic rings. The summed E-state index contributed by atoms with van der Waals surface area (Å²) >= 11 is 0. The monoisotopic (exact) mass is 292 g/mol. The number of nitrogens with one attached hydrogen (secondary N) is 1. The average molecular weight is 292 g/mol. The summed E-state index contributed by atoms with van der Waals surface area (Å²) in [7, 11) is -2.97. The standard InChI is InChI=1S/C13H16N4O2S/c1-13(6-7-20(18,19)8-13)17-11-9-4-2-3-5-10(9)15-12(14)16-11/h2-5H,6-8H2,1H3,(H3,14,15,16,17). The van der Waals surface area contributed by atoms with Crippen LogP contribution in [0.2, 0.25) is 0 Å². The predicted octanol–water partition coefficient (Wildman–Crippen LogP) is 1.20. The zero-order chi connectivity index (χ0) is 14.4. The molecule has 3 N–H and O–H groups in total. The maximum Gasteiger partial charge on any atom is 0.222 e. The number of rotatable bonds is 2. The Morgan fingerprint density at radius 3 is 2.75 bits per heavy atom. The zero-order valence-electron chi connectivity index (χ0n) is 11.1. The Hall–Kier alpha value is -1.89. The van der Waals surface area contributed by atoms with E-state index in [2.05, 4.69) is 15.3 Å². The quantitative estimate of drug-likeness (QED) is 0.863. The molecule has 0 spiro atoms. The number of hydrogen-bond acceptors (Lipinski definition) is 6. The highest BCUT2D eigenvalue weighted by molar-refractivity contribution is 7.91. The van der Waals surface area contributed by atoms with Crippen molar-refractivity contribution in [2.45, 2.75) is 18.9 Å². The van der Waals surface area contributed by atoms with E-state index in [-0.39, 0.29) is 17.5 Å². The molecule has 2 heterocycles. The summed E-state index contributed by atoms with van der Waals surface area (Å²) in [5.74, 6) is 1.08. The maximum atomic E-state index is 11.7. The molecule has 1 saturated heterocycles. The van der Waals surface area contributed by atoms with Gasteiger partial charge in [0.15, 0.2) is 9.84 Å². The molecule has 0 aliphatic carbocycles. The van der Waals surface area contributed by atoms with Crippen molar-refractivity contribution >= 4 is 32.5 Å². The normalized spacial score (nSPS) is 24.9. The Balaban J connectivity index is 2.03. The van der Waals surface area contributed by atoms with Gasteiger partial charge < -0.3 is 11.1 Å². The average Bonchev–Trinajstić information content (AvgIpc) is 2.63. The molecular formula is C13H16N4O2S. The maximum absolute atomic E-state index is 11.7. The number of nitrogens with two attached hydrogens (primary N) is 1. The van der Waals surface area contributed by atoms with E-state index in [1.165, 1.54) is 0 Å². The predicted molar refractivity (Wildman–Crippen MR) is 79.2 cm³/mol. The minimum atomic E-state index is -2.97. The third kappa shape index (κ3) is 2.40. The van der Waals surface area contributed by atoms with Gasteiger partial charge in [-0.15, -0.1) is 0 Å². The van der Waals surface area contributed by atoms with Crippen LogP contribution in [0.15, 0.2) is 24.3 Å². The van der Waals surface area contributed by atoms with Crippen LogP contribution in [-0.4, -0.2) is 35.4 Å². The van der Waals surface area contributed by atoms with Gasteiger partial charge in [0.25, 0.3) is 0 Å². The highest BCUT2D eigenvalue weighted by Gasteiger charge is 2.38. The topological polar surface area (TPSA) is 98.0 Å². The van der Waals surface area contributed by atoms with Crippen molar-refractivity contribution in [3.63, 3.8) is 0 Å². The van der Waals surface area contributed by atoms with E-state index in [0.29, 0.717) is 12.2 Å². The number of benzene rings is 1. The van der Waals surface area contributed by atoms with E-state index in [4.69, 9.17) is 5.73 Å². The van der Waals surface area contributed by atoms with E-state index in [1.807, 2.05) is 31.2 Å². The lowest BCUT2D eigenvalue weighted by atomic mass is 10.0. The van der Waals surface area contributed by atoms with Crippen LogP contribution in [0.25, 0.3) is 10.9 Å². The van der Waals surface area contributed by atoms with Gasteiger partial charge in [0.1, 0.15) is 5.82 Å². The molecule has 0 bridgehead atoms. The van der Waals surface area contributed by atoms with E-state index in [1.54, 1.807) is 0 Å². The van der Waals surface area contributed by atoms with Crippen LogP contribution in [0.3, 0.4) is 0 Å². The lowest BCUT2D eigenvalue weighted by Gasteiger charge is -2.25. The molecule has 6 nitrogen and oxygen atoms in total. The molecule has 1 atom stereocenters. The molecule has 1 aromatic heterocycles. The Labute approximate surface area is 117 Å². The smallest absolute Gasteiger partial charge is 0.222 e. The summed E-state index contributed by atoms with van der Waals surface area (Å²) < 4.78 is 23.3. The lowest BCUT2D eigenvalue weighted by Crippen LogP contribution is -2.36. The van der Waals surface area contributed by atoms with Crippen molar-refractivity contribution in [1.29, 1.82) is 0 Å². The van der Waals surface area contributed by atoms with Crippen LogP contribution in [0.4, 0.5) is 11.8 Å². The molecule has 0 radical (unpaired) electrons. The molecule has 1 fully saturated rings. The molecule has 106 valence electrons. The molecular weight excluding hydrogens is 276 g/mol. The fraction of sp³-hybridized carbons (Fsp3) is 0.385. The number of nitrogen functional groups attached to an aromatic ring is 1. The van der Waals surface area contributed by atoms with Crippen LogP contribution in [0.1, 0.15) is 13.3 Å². The van der Waals surface area contributed by atoms with E-state index < -0.39 is 15.4 Å². The number of fused-ring (bicyclic) bond motifs is 1. The molecule has 1 aromatic carbocycles. The molecule has 7 heteroatoms. The van der Waals surface area contributed by atoms with Crippen molar-refractivity contribution in [3.8, 4) is 0 Å². The zero-order valence-corrected chi connectivity index (χ0v) is 11.9. The van der Waals surface area contributed by atoms with Gasteiger partial charge in [0.2, 0.25) is 5.95 Å². The number of anilines is 2. The van der Waals surface area contributed by atoms with E-state index in [0.717, 1.165) is 10.9 Å². The third-order valence-electron chi connectivity index (χ3n) is 3.54. The molecule has 1 unspecified atom stereocenters. The number of hydrogen-bond donors (Lipinski definition) is 2. The SMILES string of the molecule is CC1(Nc2nc(N)nc3ccccc23)CCS(=O)(=O)C1. The van der Waals surface area contributed by atoms with Crippen LogP contribution < -0.4 is 11.1 Å². The first kappa shape index (κ1) is 13.1. The van der Waals surface area contributed by atoms with Crippen molar-refractivity contribution in [2.75, 3.05) is 22.6 Å². The van der Waals surface area contributed by atoms with Gasteiger partial charge in [0.05, 0.1) is 22.6 Å². The molecule has 2 aromatic rings. The van der Waals surface area contributed by atoms with E-state index in [9.17, 15) is 8.42 Å². The minimum absolute atomic E-state index is 0.109. The van der Waals surface area contributed by atoms with Crippen LogP contribution in [0.5, 0.6) is 0 Å². The number of para-hydroxylation sites is 1. The second kappa shape index (κ2) is 4.31. The van der Waals surface area contributed by atoms with Gasteiger partial charge in [-0.05, 0) is 25.5 Å². The first-order chi connectivity index (χ1) is 9.37. The van der Waals surface area contributed by atoms with Crippen molar-refractivity contribution in [3.05, 3.63) is 24.3 Å². The first-order valence-electron chi connectivity index (χ1n) is 6.38. The minimum Gasteiger partial charge on any atom is -0.368 e. The summed E-state index contributed by atoms with van der Waals surface area (Å²) in [5, 5.41) is 4.09. The molecule has 0 saturated carbocycles. The Morgan fingerprint density at radius 1 is 1.30 bits per heavy atom. The number of nitrogens with zero attached hydrogens (tertiary/aromatic N) is 2. The number of sulfone groups is 1. The Morgan fingerprint density at radius 2 is 2.05 bits per heavy atom. The first-order valence-corrected chi connectivity index (χ1v) is 8.20. The Kier molecular flexibility index (Phi) is 2.82.